The zero-order valence-electron chi connectivity index (χ0n) is 13.5. The molecule has 8 nitrogen and oxygen atoms in total. The zero-order chi connectivity index (χ0) is 18.6. The van der Waals surface area contributed by atoms with Crippen LogP contribution in [0.3, 0.4) is 0 Å². The molecule has 0 aliphatic heterocycles. The lowest BCUT2D eigenvalue weighted by atomic mass is 10.1. The van der Waals surface area contributed by atoms with Gasteiger partial charge >= 0.3 is 5.97 Å². The van der Waals surface area contributed by atoms with Crippen LogP contribution in [0.15, 0.2) is 29.1 Å². The highest BCUT2D eigenvalue weighted by Crippen LogP contribution is 2.13. The molecule has 0 fully saturated rings. The van der Waals surface area contributed by atoms with E-state index in [1.165, 1.54) is 12.1 Å². The summed E-state index contributed by atoms with van der Waals surface area (Å²) in [7, 11) is 0. The van der Waals surface area contributed by atoms with Crippen LogP contribution < -0.4 is 15.6 Å². The molecule has 9 heteroatoms. The number of benzene rings is 1. The number of carboxylic acid groups (broad SMARTS) is 1. The van der Waals surface area contributed by atoms with E-state index in [-0.39, 0.29) is 17.9 Å². The molecule has 1 atom stereocenters. The average molecular weight is 349 g/mol. The molecule has 0 aliphatic carbocycles. The van der Waals surface area contributed by atoms with Crippen LogP contribution in [0.5, 0.6) is 5.75 Å². The Morgan fingerprint density at radius 3 is 2.56 bits per heavy atom. The van der Waals surface area contributed by atoms with Gasteiger partial charge in [-0.1, -0.05) is 0 Å². The number of rotatable bonds is 6. The zero-order valence-corrected chi connectivity index (χ0v) is 13.5. The molecular weight excluding hydrogens is 333 g/mol. The number of amides is 1. The molecule has 1 amide bonds. The first-order valence-electron chi connectivity index (χ1n) is 7.28. The normalized spacial score (nSPS) is 11.6. The quantitative estimate of drug-likeness (QED) is 0.709. The van der Waals surface area contributed by atoms with Crippen molar-refractivity contribution >= 4 is 11.9 Å². The molecule has 1 heterocycles. The molecule has 0 saturated heterocycles. The van der Waals surface area contributed by atoms with Gasteiger partial charge in [-0.3, -0.25) is 9.59 Å². The first-order valence-corrected chi connectivity index (χ1v) is 7.28. The predicted molar refractivity (Wildman–Crippen MR) is 85.1 cm³/mol. The van der Waals surface area contributed by atoms with Crippen molar-refractivity contribution in [1.82, 2.24) is 15.5 Å². The second-order valence-corrected chi connectivity index (χ2v) is 5.25. The number of aromatic nitrogens is 2. The molecule has 25 heavy (non-hydrogen) atoms. The summed E-state index contributed by atoms with van der Waals surface area (Å²) in [6.45, 7) is 2.81. The number of nitrogens with one attached hydrogen (secondary N) is 2. The Hall–Kier alpha value is -3.23. The van der Waals surface area contributed by atoms with Crippen LogP contribution in [0.1, 0.15) is 21.6 Å². The number of carbonyl (C=O) groups is 2. The van der Waals surface area contributed by atoms with E-state index >= 15 is 0 Å². The van der Waals surface area contributed by atoms with Crippen LogP contribution in [0.25, 0.3) is 0 Å². The van der Waals surface area contributed by atoms with Crippen molar-refractivity contribution in [2.75, 3.05) is 6.54 Å². The first-order chi connectivity index (χ1) is 11.8. The van der Waals surface area contributed by atoms with E-state index in [4.69, 9.17) is 4.74 Å². The van der Waals surface area contributed by atoms with Crippen molar-refractivity contribution in [2.24, 2.45) is 0 Å². The Bertz CT molecular complexity index is 848. The number of hydrogen-bond acceptors (Lipinski definition) is 5. The van der Waals surface area contributed by atoms with Crippen LogP contribution in [0.4, 0.5) is 4.39 Å². The van der Waals surface area contributed by atoms with Gasteiger partial charge in [-0.05, 0) is 43.7 Å². The largest absolute Gasteiger partial charge is 0.478 e. The number of halogens is 1. The number of aryl methyl sites for hydroxylation is 1. The van der Waals surface area contributed by atoms with Crippen LogP contribution in [0.2, 0.25) is 0 Å². The summed E-state index contributed by atoms with van der Waals surface area (Å²) >= 11 is 0. The van der Waals surface area contributed by atoms with Crippen LogP contribution >= 0.6 is 0 Å². The van der Waals surface area contributed by atoms with Gasteiger partial charge in [0.2, 0.25) is 6.10 Å². The Balaban J connectivity index is 2.10. The van der Waals surface area contributed by atoms with E-state index < -0.39 is 29.4 Å². The predicted octanol–water partition coefficient (Wildman–Crippen LogP) is 0.788. The summed E-state index contributed by atoms with van der Waals surface area (Å²) in [6.07, 6.45) is -1.41. The summed E-state index contributed by atoms with van der Waals surface area (Å²) in [5.41, 5.74) is 0.0556. The average Bonchev–Trinajstić information content (AvgIpc) is 2.56. The number of ether oxygens (including phenoxy) is 1. The number of hydrogen-bond donors (Lipinski definition) is 3. The Labute approximate surface area is 141 Å². The van der Waals surface area contributed by atoms with Gasteiger partial charge in [-0.15, -0.1) is 0 Å². The minimum atomic E-state index is -1.41. The third kappa shape index (κ3) is 4.40. The molecule has 0 radical (unpaired) electrons. The van der Waals surface area contributed by atoms with Crippen LogP contribution in [-0.4, -0.2) is 39.8 Å². The highest BCUT2D eigenvalue weighted by molar-refractivity contribution is 5.95. The Kier molecular flexibility index (Phi) is 5.48. The molecule has 2 aromatic rings. The minimum absolute atomic E-state index is 0.136. The maximum Gasteiger partial charge on any atom is 0.346 e. The maximum atomic E-state index is 12.9. The minimum Gasteiger partial charge on any atom is -0.478 e. The highest BCUT2D eigenvalue weighted by Gasteiger charge is 2.23. The standard InChI is InChI=1S/C16H16FN3O5/c1-8-9(2)19-20-15(22)13(8)14(21)18-7-12(16(23)24)25-11-5-3-10(17)4-6-11/h3-6,12H,7H2,1-2H3,(H,18,21)(H,20,22)(H,23,24). The van der Waals surface area contributed by atoms with Crippen LogP contribution in [0, 0.1) is 19.7 Å². The molecule has 0 spiro atoms. The number of carbonyl (C=O) groups excluding carboxylic acids is 1. The van der Waals surface area contributed by atoms with Crippen molar-refractivity contribution < 1.29 is 23.8 Å². The van der Waals surface area contributed by atoms with Gasteiger partial charge in [0, 0.05) is 0 Å². The number of aromatic amines is 1. The fraction of sp³-hybridized carbons (Fsp3) is 0.250. The topological polar surface area (TPSA) is 121 Å². The fourth-order valence-electron chi connectivity index (χ4n) is 2.03. The maximum absolute atomic E-state index is 12.9. The summed E-state index contributed by atoms with van der Waals surface area (Å²) in [5, 5.41) is 17.5. The van der Waals surface area contributed by atoms with E-state index in [2.05, 4.69) is 15.5 Å². The molecule has 0 saturated carbocycles. The van der Waals surface area contributed by atoms with E-state index in [1.54, 1.807) is 13.8 Å². The van der Waals surface area contributed by atoms with Gasteiger partial charge < -0.3 is 15.2 Å². The highest BCUT2D eigenvalue weighted by atomic mass is 19.1. The summed E-state index contributed by atoms with van der Waals surface area (Å²) in [6, 6.07) is 4.79. The molecule has 1 aromatic carbocycles. The smallest absolute Gasteiger partial charge is 0.346 e. The monoisotopic (exact) mass is 349 g/mol. The van der Waals surface area contributed by atoms with Gasteiger partial charge in [0.05, 0.1) is 12.2 Å². The SMILES string of the molecule is Cc1n[nH]c(=O)c(C(=O)NCC(Oc2ccc(F)cc2)C(=O)O)c1C. The lowest BCUT2D eigenvalue weighted by Crippen LogP contribution is -2.42. The number of carboxylic acids is 1. The second-order valence-electron chi connectivity index (χ2n) is 5.25. The van der Waals surface area contributed by atoms with Crippen molar-refractivity contribution in [3.8, 4) is 5.75 Å². The first kappa shape index (κ1) is 18.1. The molecule has 1 aromatic heterocycles. The molecule has 2 rings (SSSR count). The van der Waals surface area contributed by atoms with E-state index in [0.29, 0.717) is 11.3 Å². The fourth-order valence-corrected chi connectivity index (χ4v) is 2.03. The molecule has 0 bridgehead atoms. The third-order valence-corrected chi connectivity index (χ3v) is 3.51. The molecule has 3 N–H and O–H groups in total. The van der Waals surface area contributed by atoms with Crippen molar-refractivity contribution in [1.29, 1.82) is 0 Å². The van der Waals surface area contributed by atoms with E-state index in [0.717, 1.165) is 12.1 Å². The summed E-state index contributed by atoms with van der Waals surface area (Å²) in [5.74, 6) is -2.41. The molecule has 132 valence electrons. The Morgan fingerprint density at radius 1 is 1.32 bits per heavy atom. The van der Waals surface area contributed by atoms with Gasteiger partial charge in [-0.25, -0.2) is 14.3 Å². The second kappa shape index (κ2) is 7.56. The number of H-pyrrole nitrogens is 1. The van der Waals surface area contributed by atoms with Crippen LogP contribution in [-0.2, 0) is 4.79 Å². The third-order valence-electron chi connectivity index (χ3n) is 3.51. The molecule has 0 aliphatic rings. The summed E-state index contributed by atoms with van der Waals surface area (Å²) < 4.78 is 18.1. The van der Waals surface area contributed by atoms with Gasteiger partial charge in [0.25, 0.3) is 11.5 Å². The molecule has 1 unspecified atom stereocenters. The molecular formula is C16H16FN3O5. The lowest BCUT2D eigenvalue weighted by molar-refractivity contribution is -0.144. The van der Waals surface area contributed by atoms with Gasteiger partial charge in [-0.2, -0.15) is 5.10 Å². The lowest BCUT2D eigenvalue weighted by Gasteiger charge is -2.16. The van der Waals surface area contributed by atoms with Gasteiger partial charge in [0.15, 0.2) is 0 Å². The number of aliphatic carboxylic acids is 1. The van der Waals surface area contributed by atoms with Crippen molar-refractivity contribution in [3.05, 3.63) is 57.3 Å². The Morgan fingerprint density at radius 2 is 1.96 bits per heavy atom. The van der Waals surface area contributed by atoms with Crippen molar-refractivity contribution in [3.63, 3.8) is 0 Å². The number of nitrogens with zero attached hydrogens (tertiary/aromatic N) is 1. The van der Waals surface area contributed by atoms with E-state index in [1.807, 2.05) is 0 Å². The summed E-state index contributed by atoms with van der Waals surface area (Å²) in [4.78, 5) is 35.3. The van der Waals surface area contributed by atoms with Crippen molar-refractivity contribution in [2.45, 2.75) is 20.0 Å². The van der Waals surface area contributed by atoms with Gasteiger partial charge in [0.1, 0.15) is 17.1 Å². The van der Waals surface area contributed by atoms with E-state index in [9.17, 15) is 23.9 Å².